The highest BCUT2D eigenvalue weighted by atomic mass is 31.2. The molecule has 0 amide bonds. The Kier molecular flexibility index (Phi) is 66.6. The van der Waals surface area contributed by atoms with Crippen molar-refractivity contribution in [3.8, 4) is 0 Å². The van der Waals surface area contributed by atoms with Crippen LogP contribution in [0.1, 0.15) is 310 Å². The maximum atomic E-state index is 13.0. The molecule has 0 aliphatic rings. The molecule has 0 aliphatic carbocycles. The van der Waals surface area contributed by atoms with Gasteiger partial charge in [-0.25, -0.2) is 9.13 Å². The summed E-state index contributed by atoms with van der Waals surface area (Å²) in [4.78, 5) is 72.7. The van der Waals surface area contributed by atoms with Crippen LogP contribution in [-0.2, 0) is 65.4 Å². The van der Waals surface area contributed by atoms with Crippen molar-refractivity contribution in [3.63, 3.8) is 0 Å². The molecule has 0 saturated heterocycles. The number of phosphoric acid groups is 2. The van der Waals surface area contributed by atoms with Crippen LogP contribution in [0, 0.1) is 0 Å². The monoisotopic (exact) mass is 1390 g/mol. The van der Waals surface area contributed by atoms with Gasteiger partial charge in [0.2, 0.25) is 0 Å². The van der Waals surface area contributed by atoms with Crippen molar-refractivity contribution in [2.45, 2.75) is 329 Å². The number of aliphatic hydroxyl groups excluding tert-OH is 1. The number of unbranched alkanes of at least 4 members (excludes halogenated alkanes) is 29. The van der Waals surface area contributed by atoms with Gasteiger partial charge in [-0.05, 0) is 109 Å². The Morgan fingerprint density at radius 1 is 0.312 bits per heavy atom. The van der Waals surface area contributed by atoms with Gasteiger partial charge in [0.15, 0.2) is 12.2 Å². The van der Waals surface area contributed by atoms with E-state index >= 15 is 0 Å². The van der Waals surface area contributed by atoms with Gasteiger partial charge in [0.25, 0.3) is 0 Å². The number of allylic oxidation sites excluding steroid dienone is 15. The Balaban J connectivity index is 5.40. The second-order valence-electron chi connectivity index (χ2n) is 24.9. The lowest BCUT2D eigenvalue weighted by atomic mass is 10.1. The number of hydrogen-bond donors (Lipinski definition) is 3. The third-order valence-corrected chi connectivity index (χ3v) is 17.5. The first-order chi connectivity index (χ1) is 46.7. The Morgan fingerprint density at radius 2 is 0.583 bits per heavy atom. The van der Waals surface area contributed by atoms with Crippen LogP contribution >= 0.6 is 15.6 Å². The molecule has 96 heavy (non-hydrogen) atoms. The van der Waals surface area contributed by atoms with Gasteiger partial charge in [0, 0.05) is 19.3 Å². The zero-order valence-electron chi connectivity index (χ0n) is 60.3. The first kappa shape index (κ1) is 92.0. The molecule has 0 saturated carbocycles. The molecule has 0 aliphatic heterocycles. The van der Waals surface area contributed by atoms with E-state index < -0.39 is 97.5 Å². The number of aliphatic hydroxyl groups is 1. The van der Waals surface area contributed by atoms with Crippen LogP contribution in [0.15, 0.2) is 97.2 Å². The smallest absolute Gasteiger partial charge is 0.462 e. The lowest BCUT2D eigenvalue weighted by molar-refractivity contribution is -0.161. The molecule has 17 nitrogen and oxygen atoms in total. The van der Waals surface area contributed by atoms with Crippen molar-refractivity contribution >= 4 is 39.5 Å². The molecular weight excluding hydrogens is 1260 g/mol. The topological polar surface area (TPSA) is 237 Å². The van der Waals surface area contributed by atoms with E-state index in [1.54, 1.807) is 6.08 Å². The standard InChI is InChI=1S/C77H134O17P2/c1-5-9-13-17-21-25-29-32-35-38-42-45-49-53-57-61-74(79)87-67-72(93-76(81)63-59-55-51-47-41-28-24-20-16-12-8-4)69-91-95(83,84)89-65-71(78)66-90-96(85,86)92-70-73(94-77(82)64-60-56-52-48-44-40-37-34-31-27-23-19-15-11-7-3)68-88-75(80)62-58-54-50-46-43-39-36-33-30-26-22-18-14-10-6-2/h10,14,21-22,25-26,32-37,43,46,54,58,71-73,78H,5-9,11-13,15-20,23-24,27-31,38-42,44-45,47-53,55-57,59-70H2,1-4H3,(H,83,84)(H,85,86)/b14-10-,25-21-,26-22-,35-32-,36-33-,37-34-,46-43-,58-54-. The molecule has 0 radical (unpaired) electrons. The fourth-order valence-electron chi connectivity index (χ4n) is 9.85. The highest BCUT2D eigenvalue weighted by molar-refractivity contribution is 7.47. The van der Waals surface area contributed by atoms with Gasteiger partial charge < -0.3 is 33.8 Å². The zero-order chi connectivity index (χ0) is 70.4. The lowest BCUT2D eigenvalue weighted by Gasteiger charge is -2.21. The zero-order valence-corrected chi connectivity index (χ0v) is 62.1. The summed E-state index contributed by atoms with van der Waals surface area (Å²) in [7, 11) is -9.97. The molecule has 0 bridgehead atoms. The predicted octanol–water partition coefficient (Wildman–Crippen LogP) is 21.2. The Bertz CT molecular complexity index is 2200. The number of ether oxygens (including phenoxy) is 4. The highest BCUT2D eigenvalue weighted by Gasteiger charge is 2.30. The molecule has 554 valence electrons. The van der Waals surface area contributed by atoms with E-state index in [0.29, 0.717) is 25.7 Å². The van der Waals surface area contributed by atoms with Gasteiger partial charge in [0.1, 0.15) is 19.3 Å². The van der Waals surface area contributed by atoms with E-state index in [4.69, 9.17) is 37.0 Å². The molecule has 0 heterocycles. The average Bonchev–Trinajstić information content (AvgIpc) is 1.09. The van der Waals surface area contributed by atoms with Crippen molar-refractivity contribution in [1.29, 1.82) is 0 Å². The van der Waals surface area contributed by atoms with Crippen molar-refractivity contribution in [2.24, 2.45) is 0 Å². The van der Waals surface area contributed by atoms with Gasteiger partial charge in [-0.1, -0.05) is 273 Å². The fraction of sp³-hybridized carbons (Fsp3) is 0.740. The lowest BCUT2D eigenvalue weighted by Crippen LogP contribution is -2.30. The summed E-state index contributed by atoms with van der Waals surface area (Å²) in [6, 6.07) is 0. The first-order valence-corrected chi connectivity index (χ1v) is 40.5. The summed E-state index contributed by atoms with van der Waals surface area (Å²) in [6.45, 7) is 4.59. The van der Waals surface area contributed by atoms with E-state index in [0.717, 1.165) is 135 Å². The summed E-state index contributed by atoms with van der Waals surface area (Å²) >= 11 is 0. The first-order valence-electron chi connectivity index (χ1n) is 37.5. The number of phosphoric ester groups is 2. The van der Waals surface area contributed by atoms with Crippen LogP contribution in [0.5, 0.6) is 0 Å². The molecule has 0 spiro atoms. The summed E-state index contributed by atoms with van der Waals surface area (Å²) in [5, 5.41) is 10.6. The highest BCUT2D eigenvalue weighted by Crippen LogP contribution is 2.45. The number of rotatable bonds is 70. The molecule has 0 rings (SSSR count). The second-order valence-corrected chi connectivity index (χ2v) is 27.8. The molecule has 0 aromatic rings. The number of carbonyl (C=O) groups is 4. The predicted molar refractivity (Wildman–Crippen MR) is 390 cm³/mol. The maximum Gasteiger partial charge on any atom is 0.472 e. The summed E-state index contributed by atoms with van der Waals surface area (Å²) in [6.07, 6.45) is 71.5. The van der Waals surface area contributed by atoms with Crippen LogP contribution in [0.2, 0.25) is 0 Å². The molecule has 19 heteroatoms. The van der Waals surface area contributed by atoms with Crippen LogP contribution in [0.3, 0.4) is 0 Å². The number of esters is 4. The van der Waals surface area contributed by atoms with Crippen molar-refractivity contribution in [1.82, 2.24) is 0 Å². The van der Waals surface area contributed by atoms with Gasteiger partial charge in [-0.15, -0.1) is 0 Å². The summed E-state index contributed by atoms with van der Waals surface area (Å²) in [5.41, 5.74) is 0. The Morgan fingerprint density at radius 3 is 0.958 bits per heavy atom. The summed E-state index contributed by atoms with van der Waals surface area (Å²) < 4.78 is 68.2. The van der Waals surface area contributed by atoms with Crippen molar-refractivity contribution < 1.29 is 80.2 Å². The van der Waals surface area contributed by atoms with Crippen molar-refractivity contribution in [3.05, 3.63) is 97.2 Å². The summed E-state index contributed by atoms with van der Waals surface area (Å²) in [5.74, 6) is -2.34. The SMILES string of the molecule is CC/C=C\C/C=C\C/C=C\C/C=C\C/C=C\CC(=O)OCC(COP(=O)(O)OCC(O)COP(=O)(O)OCC(COC(=O)CCCCCCC/C=C\C/C=C\CCCCC)OC(=O)CCCCCCCCCCCCC)OC(=O)CCCCCCC/C=C\CCCCCCCC. The van der Waals surface area contributed by atoms with Gasteiger partial charge in [-0.3, -0.25) is 37.3 Å². The van der Waals surface area contributed by atoms with Gasteiger partial charge in [0.05, 0.1) is 32.8 Å². The van der Waals surface area contributed by atoms with Crippen LogP contribution < -0.4 is 0 Å². The molecular formula is C77H134O17P2. The van der Waals surface area contributed by atoms with Crippen molar-refractivity contribution in [2.75, 3.05) is 39.6 Å². The minimum Gasteiger partial charge on any atom is -0.462 e. The van der Waals surface area contributed by atoms with Gasteiger partial charge >= 0.3 is 39.5 Å². The van der Waals surface area contributed by atoms with E-state index in [1.807, 2.05) is 18.2 Å². The third-order valence-electron chi connectivity index (χ3n) is 15.6. The van der Waals surface area contributed by atoms with Crippen LogP contribution in [0.4, 0.5) is 0 Å². The van der Waals surface area contributed by atoms with E-state index in [-0.39, 0.29) is 25.7 Å². The maximum absolute atomic E-state index is 13.0. The second kappa shape index (κ2) is 69.5. The number of hydrogen-bond acceptors (Lipinski definition) is 15. The van der Waals surface area contributed by atoms with Crippen LogP contribution in [0.25, 0.3) is 0 Å². The van der Waals surface area contributed by atoms with E-state index in [9.17, 15) is 43.2 Å². The minimum absolute atomic E-state index is 0.0659. The number of carbonyl (C=O) groups excluding carboxylic acids is 4. The quantitative estimate of drug-likeness (QED) is 0.0169. The Labute approximate surface area is 582 Å². The largest absolute Gasteiger partial charge is 0.472 e. The molecule has 0 aromatic heterocycles. The normalized spacial score (nSPS) is 14.5. The Hall–Kier alpha value is -4.02. The van der Waals surface area contributed by atoms with Gasteiger partial charge in [-0.2, -0.15) is 0 Å². The minimum atomic E-state index is -4.99. The molecule has 0 fully saturated rings. The van der Waals surface area contributed by atoms with E-state index in [1.165, 1.54) is 96.3 Å². The fourth-order valence-corrected chi connectivity index (χ4v) is 11.4. The third kappa shape index (κ3) is 68.5. The molecule has 5 unspecified atom stereocenters. The van der Waals surface area contributed by atoms with E-state index in [2.05, 4.69) is 101 Å². The molecule has 3 N–H and O–H groups in total. The average molecular weight is 1390 g/mol. The molecule has 0 aromatic carbocycles. The molecule has 5 atom stereocenters. The van der Waals surface area contributed by atoms with Crippen LogP contribution in [-0.4, -0.2) is 96.7 Å².